The van der Waals surface area contributed by atoms with E-state index in [0.717, 1.165) is 22.4 Å². The van der Waals surface area contributed by atoms with Crippen molar-refractivity contribution in [2.24, 2.45) is 0 Å². The molecule has 9 heteroatoms. The fourth-order valence-corrected chi connectivity index (χ4v) is 5.48. The summed E-state index contributed by atoms with van der Waals surface area (Å²) in [6, 6.07) is 14.1. The number of carbonyl (C=O) groups is 1. The molecule has 5 rings (SSSR count). The van der Waals surface area contributed by atoms with Gasteiger partial charge in [0.05, 0.1) is 16.8 Å². The molecule has 0 saturated carbocycles. The maximum Gasteiger partial charge on any atom is 0.407 e. The number of aryl methyl sites for hydroxylation is 2. The van der Waals surface area contributed by atoms with Crippen molar-refractivity contribution in [3.63, 3.8) is 0 Å². The van der Waals surface area contributed by atoms with E-state index >= 15 is 0 Å². The monoisotopic (exact) mass is 529 g/mol. The van der Waals surface area contributed by atoms with E-state index in [4.69, 9.17) is 4.98 Å². The Morgan fingerprint density at radius 3 is 2.46 bits per heavy atom. The number of amides is 1. The number of pyridine rings is 1. The first-order valence-corrected chi connectivity index (χ1v) is 13.1. The van der Waals surface area contributed by atoms with Crippen LogP contribution < -0.4 is 10.6 Å². The number of hydrogen-bond acceptors (Lipinski definition) is 5. The highest BCUT2D eigenvalue weighted by atomic mass is 19.1. The Labute approximate surface area is 226 Å². The lowest BCUT2D eigenvalue weighted by atomic mass is 9.97. The second-order valence-electron chi connectivity index (χ2n) is 10.5. The van der Waals surface area contributed by atoms with Gasteiger partial charge in [-0.1, -0.05) is 44.2 Å². The van der Waals surface area contributed by atoms with Crippen LogP contribution in [0, 0.1) is 19.7 Å². The summed E-state index contributed by atoms with van der Waals surface area (Å²) in [5, 5.41) is 10.1. The Hall–Kier alpha value is -4.27. The molecule has 202 valence electrons. The number of piperazine rings is 1. The molecular weight excluding hydrogens is 497 g/mol. The largest absolute Gasteiger partial charge is 0.465 e. The van der Waals surface area contributed by atoms with Crippen LogP contribution in [0.1, 0.15) is 43.4 Å². The first-order chi connectivity index (χ1) is 18.6. The van der Waals surface area contributed by atoms with Crippen LogP contribution in [0.3, 0.4) is 0 Å². The Balaban J connectivity index is 1.84. The van der Waals surface area contributed by atoms with E-state index in [0.29, 0.717) is 41.2 Å². The summed E-state index contributed by atoms with van der Waals surface area (Å²) in [6.45, 7) is 10.8. The van der Waals surface area contributed by atoms with Gasteiger partial charge in [-0.15, -0.1) is 0 Å². The van der Waals surface area contributed by atoms with Crippen molar-refractivity contribution in [2.75, 3.05) is 24.5 Å². The van der Waals surface area contributed by atoms with Crippen LogP contribution in [0.2, 0.25) is 0 Å². The molecule has 0 bridgehead atoms. The van der Waals surface area contributed by atoms with Gasteiger partial charge in [-0.3, -0.25) is 0 Å². The fraction of sp³-hybridized carbons (Fsp3) is 0.333. The van der Waals surface area contributed by atoms with Gasteiger partial charge < -0.3 is 14.9 Å². The Bertz CT molecular complexity index is 1650. The summed E-state index contributed by atoms with van der Waals surface area (Å²) >= 11 is 0. The average molecular weight is 530 g/mol. The third-order valence-electron chi connectivity index (χ3n) is 7.45. The van der Waals surface area contributed by atoms with Crippen LogP contribution in [0.4, 0.5) is 15.0 Å². The lowest BCUT2D eigenvalue weighted by Crippen LogP contribution is -2.54. The van der Waals surface area contributed by atoms with Gasteiger partial charge in [0.25, 0.3) is 0 Å². The molecular formula is C30H32FN5O3. The van der Waals surface area contributed by atoms with E-state index in [1.54, 1.807) is 22.8 Å². The van der Waals surface area contributed by atoms with Gasteiger partial charge in [0.1, 0.15) is 11.6 Å². The van der Waals surface area contributed by atoms with Gasteiger partial charge in [0.2, 0.25) is 0 Å². The molecule has 0 radical (unpaired) electrons. The first kappa shape index (κ1) is 26.3. The van der Waals surface area contributed by atoms with E-state index < -0.39 is 17.6 Å². The second-order valence-corrected chi connectivity index (χ2v) is 10.5. The third-order valence-corrected chi connectivity index (χ3v) is 7.45. The third kappa shape index (κ3) is 4.62. The van der Waals surface area contributed by atoms with E-state index in [-0.39, 0.29) is 18.5 Å². The molecule has 2 aromatic heterocycles. The molecule has 1 aliphatic rings. The number of hydrogen-bond donors (Lipinski definition) is 1. The molecule has 8 nitrogen and oxygen atoms in total. The molecule has 1 saturated heterocycles. The Morgan fingerprint density at radius 2 is 1.79 bits per heavy atom. The van der Waals surface area contributed by atoms with E-state index in [2.05, 4.69) is 18.8 Å². The number of benzene rings is 2. The normalized spacial score (nSPS) is 15.8. The van der Waals surface area contributed by atoms with E-state index in [9.17, 15) is 19.1 Å². The zero-order chi connectivity index (χ0) is 28.0. The Morgan fingerprint density at radius 1 is 1.05 bits per heavy atom. The minimum atomic E-state index is -0.970. The topological polar surface area (TPSA) is 91.6 Å². The number of rotatable bonds is 4. The molecule has 1 unspecified atom stereocenters. The number of para-hydroxylation sites is 1. The number of nitrogens with zero attached hydrogens (tertiary/aromatic N) is 5. The smallest absolute Gasteiger partial charge is 0.407 e. The molecule has 3 heterocycles. The summed E-state index contributed by atoms with van der Waals surface area (Å²) in [5.41, 5.74) is 4.05. The van der Waals surface area contributed by atoms with Gasteiger partial charge in [0.15, 0.2) is 5.65 Å². The number of anilines is 1. The molecule has 4 aromatic rings. The molecule has 1 fully saturated rings. The zero-order valence-electron chi connectivity index (χ0n) is 22.8. The molecule has 2 aromatic carbocycles. The average Bonchev–Trinajstić information content (AvgIpc) is 2.89. The van der Waals surface area contributed by atoms with Crippen molar-refractivity contribution in [2.45, 2.75) is 46.6 Å². The van der Waals surface area contributed by atoms with Crippen molar-refractivity contribution in [3.8, 4) is 16.9 Å². The number of fused-ring (bicyclic) bond motifs is 1. The van der Waals surface area contributed by atoms with Gasteiger partial charge >= 0.3 is 11.8 Å². The van der Waals surface area contributed by atoms with Gasteiger partial charge in [-0.2, -0.15) is 4.98 Å². The fourth-order valence-electron chi connectivity index (χ4n) is 5.48. The van der Waals surface area contributed by atoms with Crippen LogP contribution in [-0.4, -0.2) is 56.3 Å². The minimum Gasteiger partial charge on any atom is -0.465 e. The summed E-state index contributed by atoms with van der Waals surface area (Å²) in [7, 11) is 0. The SMILES string of the molecule is Cc1cc2c(N3CCN(C(=O)O)CC3C)nc(=O)n(-c3c(C)cccc3C(C)C)c2nc1-c1ccccc1F. The van der Waals surface area contributed by atoms with E-state index in [1.165, 1.54) is 11.0 Å². The molecule has 1 amide bonds. The van der Waals surface area contributed by atoms with Crippen LogP contribution in [-0.2, 0) is 0 Å². The highest BCUT2D eigenvalue weighted by molar-refractivity contribution is 5.91. The highest BCUT2D eigenvalue weighted by Crippen LogP contribution is 2.34. The predicted molar refractivity (Wildman–Crippen MR) is 150 cm³/mol. The molecule has 1 atom stereocenters. The predicted octanol–water partition coefficient (Wildman–Crippen LogP) is 5.52. The number of carboxylic acid groups (broad SMARTS) is 1. The highest BCUT2D eigenvalue weighted by Gasteiger charge is 2.30. The van der Waals surface area contributed by atoms with Crippen molar-refractivity contribution >= 4 is 22.9 Å². The maximum absolute atomic E-state index is 14.9. The summed E-state index contributed by atoms with van der Waals surface area (Å²) in [5.74, 6) is 0.189. The first-order valence-electron chi connectivity index (χ1n) is 13.1. The van der Waals surface area contributed by atoms with Crippen LogP contribution in [0.5, 0.6) is 0 Å². The van der Waals surface area contributed by atoms with Gasteiger partial charge in [0, 0.05) is 31.2 Å². The minimum absolute atomic E-state index is 0.127. The maximum atomic E-state index is 14.9. The standard InChI is InChI=1S/C30H32FN5O3/c1-17(2)21-11-8-9-18(3)26(21)36-28-23(15-19(4)25(32-28)22-10-6-7-12-24(22)31)27(33-29(36)37)35-14-13-34(30(38)39)16-20(35)5/h6-12,15,17,20H,13-14,16H2,1-5H3,(H,38,39). The molecule has 1 aliphatic heterocycles. The molecule has 39 heavy (non-hydrogen) atoms. The van der Waals surface area contributed by atoms with Crippen molar-refractivity contribution in [1.29, 1.82) is 0 Å². The van der Waals surface area contributed by atoms with Crippen molar-refractivity contribution in [3.05, 3.63) is 81.5 Å². The lowest BCUT2D eigenvalue weighted by molar-refractivity contribution is 0.136. The summed E-state index contributed by atoms with van der Waals surface area (Å²) in [4.78, 5) is 38.4. The van der Waals surface area contributed by atoms with Gasteiger partial charge in [-0.25, -0.2) is 23.5 Å². The van der Waals surface area contributed by atoms with Crippen LogP contribution >= 0.6 is 0 Å². The molecule has 0 spiro atoms. The van der Waals surface area contributed by atoms with Crippen molar-refractivity contribution < 1.29 is 14.3 Å². The quantitative estimate of drug-likeness (QED) is 0.375. The number of halogens is 1. The second kappa shape index (κ2) is 10.1. The molecule has 1 N–H and O–H groups in total. The number of aromatic nitrogens is 3. The van der Waals surface area contributed by atoms with E-state index in [1.807, 2.05) is 49.9 Å². The lowest BCUT2D eigenvalue weighted by Gasteiger charge is -2.39. The zero-order valence-corrected chi connectivity index (χ0v) is 22.8. The Kier molecular flexibility index (Phi) is 6.84. The summed E-state index contributed by atoms with van der Waals surface area (Å²) < 4.78 is 16.5. The van der Waals surface area contributed by atoms with Crippen molar-refractivity contribution in [1.82, 2.24) is 19.4 Å². The summed E-state index contributed by atoms with van der Waals surface area (Å²) in [6.07, 6.45) is -0.970. The van der Waals surface area contributed by atoms with Crippen LogP contribution in [0.15, 0.2) is 53.3 Å². The molecule has 0 aliphatic carbocycles. The van der Waals surface area contributed by atoms with Crippen LogP contribution in [0.25, 0.3) is 28.0 Å². The van der Waals surface area contributed by atoms with Gasteiger partial charge in [-0.05, 0) is 61.6 Å².